The lowest BCUT2D eigenvalue weighted by molar-refractivity contribution is -0.133. The maximum Gasteiger partial charge on any atom is 0.250 e. The van der Waals surface area contributed by atoms with Crippen LogP contribution in [0.2, 0.25) is 0 Å². The molecule has 0 spiro atoms. The van der Waals surface area contributed by atoms with Crippen molar-refractivity contribution in [2.75, 3.05) is 51.3 Å². The van der Waals surface area contributed by atoms with Gasteiger partial charge < -0.3 is 15.0 Å². The van der Waals surface area contributed by atoms with E-state index in [9.17, 15) is 24.0 Å². The van der Waals surface area contributed by atoms with E-state index in [4.69, 9.17) is 4.74 Å². The van der Waals surface area contributed by atoms with Crippen molar-refractivity contribution in [3.8, 4) is 0 Å². The Morgan fingerprint density at radius 2 is 1.59 bits per heavy atom. The summed E-state index contributed by atoms with van der Waals surface area (Å²) in [5.41, 5.74) is 4.02. The fraction of sp³-hybridized carbons (Fsp3) is 0.675. The van der Waals surface area contributed by atoms with Crippen molar-refractivity contribution in [2.24, 2.45) is 5.92 Å². The summed E-state index contributed by atoms with van der Waals surface area (Å²) in [5.74, 6) is 0.639. The summed E-state index contributed by atoms with van der Waals surface area (Å²) in [6.07, 6.45) is 11.2. The standard InChI is InChI=1S/C24H35N3O5.C14H24O.C2H6/c1-3-7-22(29)19-8-5-9-21(20(19)17-28)25-23(30)18-32-16-6-10-24(31)27-14-12-26(11-4-2)13-15-27;1-4-6-14(15)10-9-11(2)12(3)13-7-5-8-13;1-2/h5,8-9,17H,3-4,6-7,10-16,18H2,1-2H3,(H,25,30);11H,4-10H2,1-3H3;1-2H3. The number of piperazine rings is 1. The number of anilines is 1. The van der Waals surface area contributed by atoms with E-state index in [1.54, 1.807) is 29.3 Å². The Bertz CT molecular complexity index is 1200. The van der Waals surface area contributed by atoms with Gasteiger partial charge in [0.2, 0.25) is 11.8 Å². The highest BCUT2D eigenvalue weighted by Crippen LogP contribution is 2.33. The number of hydrogen-bond acceptors (Lipinski definition) is 7. The third kappa shape index (κ3) is 16.4. The fourth-order valence-corrected chi connectivity index (χ4v) is 5.87. The number of carbonyl (C=O) groups excluding carboxylic acids is 5. The summed E-state index contributed by atoms with van der Waals surface area (Å²) in [5, 5.41) is 2.64. The van der Waals surface area contributed by atoms with Crippen LogP contribution in [0.25, 0.3) is 0 Å². The first kappa shape index (κ1) is 43.9. The van der Waals surface area contributed by atoms with Gasteiger partial charge in [-0.25, -0.2) is 0 Å². The van der Waals surface area contributed by atoms with Crippen LogP contribution in [-0.2, 0) is 19.1 Å². The first-order valence-electron chi connectivity index (χ1n) is 18.8. The Labute approximate surface area is 296 Å². The number of benzene rings is 1. The second-order valence-electron chi connectivity index (χ2n) is 12.9. The molecule has 1 heterocycles. The van der Waals surface area contributed by atoms with E-state index in [0.29, 0.717) is 61.5 Å². The molecule has 2 fully saturated rings. The summed E-state index contributed by atoms with van der Waals surface area (Å²) < 4.78 is 5.40. The summed E-state index contributed by atoms with van der Waals surface area (Å²) in [6.45, 7) is 19.2. The summed E-state index contributed by atoms with van der Waals surface area (Å²) in [6, 6.07) is 4.82. The molecular weight excluding hydrogens is 618 g/mol. The van der Waals surface area contributed by atoms with Crippen molar-refractivity contribution >= 4 is 35.4 Å². The Balaban J connectivity index is 0.000000589. The van der Waals surface area contributed by atoms with E-state index < -0.39 is 5.91 Å². The van der Waals surface area contributed by atoms with Crippen LogP contribution in [0.3, 0.4) is 0 Å². The predicted octanol–water partition coefficient (Wildman–Crippen LogP) is 8.07. The molecule has 1 aromatic rings. The molecule has 1 saturated heterocycles. The highest BCUT2D eigenvalue weighted by Gasteiger charge is 2.20. The lowest BCUT2D eigenvalue weighted by Gasteiger charge is -2.34. The molecular formula is C40H65N3O6. The number of allylic oxidation sites excluding steroid dienone is 2. The molecule has 1 saturated carbocycles. The van der Waals surface area contributed by atoms with Crippen LogP contribution >= 0.6 is 0 Å². The molecule has 276 valence electrons. The number of carbonyl (C=O) groups is 5. The fourth-order valence-electron chi connectivity index (χ4n) is 5.87. The minimum Gasteiger partial charge on any atom is -0.372 e. The largest absolute Gasteiger partial charge is 0.372 e. The summed E-state index contributed by atoms with van der Waals surface area (Å²) in [4.78, 5) is 63.9. The van der Waals surface area contributed by atoms with Crippen LogP contribution in [0.15, 0.2) is 29.3 Å². The van der Waals surface area contributed by atoms with E-state index in [1.807, 2.05) is 25.7 Å². The molecule has 49 heavy (non-hydrogen) atoms. The van der Waals surface area contributed by atoms with Crippen LogP contribution in [0.4, 0.5) is 5.69 Å². The van der Waals surface area contributed by atoms with E-state index in [-0.39, 0.29) is 23.9 Å². The van der Waals surface area contributed by atoms with Crippen molar-refractivity contribution in [3.63, 3.8) is 0 Å². The maximum absolute atomic E-state index is 12.3. The Hall–Kier alpha value is -3.17. The highest BCUT2D eigenvalue weighted by molar-refractivity contribution is 6.07. The third-order valence-corrected chi connectivity index (χ3v) is 9.09. The number of ketones is 2. The van der Waals surface area contributed by atoms with Gasteiger partial charge in [-0.2, -0.15) is 0 Å². The average molecular weight is 684 g/mol. The normalized spacial score (nSPS) is 14.7. The second-order valence-corrected chi connectivity index (χ2v) is 12.9. The van der Waals surface area contributed by atoms with Gasteiger partial charge in [0.15, 0.2) is 12.1 Å². The van der Waals surface area contributed by atoms with Crippen LogP contribution in [0, 0.1) is 5.92 Å². The zero-order valence-electron chi connectivity index (χ0n) is 31.7. The number of aldehydes is 1. The average Bonchev–Trinajstić information content (AvgIpc) is 3.08. The minimum atomic E-state index is -0.411. The number of amides is 2. The van der Waals surface area contributed by atoms with Crippen LogP contribution in [0.5, 0.6) is 0 Å². The molecule has 2 aliphatic rings. The Morgan fingerprint density at radius 3 is 2.16 bits per heavy atom. The molecule has 0 aromatic heterocycles. The van der Waals surface area contributed by atoms with Crippen LogP contribution < -0.4 is 5.32 Å². The molecule has 0 radical (unpaired) electrons. The second kappa shape index (κ2) is 25.8. The molecule has 9 heteroatoms. The van der Waals surface area contributed by atoms with Gasteiger partial charge in [0, 0.05) is 69.6 Å². The predicted molar refractivity (Wildman–Crippen MR) is 199 cm³/mol. The molecule has 1 atom stereocenters. The quantitative estimate of drug-likeness (QED) is 0.0679. The third-order valence-electron chi connectivity index (χ3n) is 9.09. The van der Waals surface area contributed by atoms with Crippen molar-refractivity contribution in [2.45, 2.75) is 126 Å². The van der Waals surface area contributed by atoms with Gasteiger partial charge >= 0.3 is 0 Å². The van der Waals surface area contributed by atoms with E-state index in [2.05, 4.69) is 37.9 Å². The van der Waals surface area contributed by atoms with Gasteiger partial charge in [0.1, 0.15) is 12.4 Å². The topological polar surface area (TPSA) is 113 Å². The number of rotatable bonds is 19. The van der Waals surface area contributed by atoms with Crippen molar-refractivity contribution in [1.82, 2.24) is 9.80 Å². The minimum absolute atomic E-state index is 0.124. The van der Waals surface area contributed by atoms with Crippen LogP contribution in [-0.4, -0.2) is 85.4 Å². The van der Waals surface area contributed by atoms with Crippen LogP contribution in [0.1, 0.15) is 146 Å². The van der Waals surface area contributed by atoms with Gasteiger partial charge in [-0.15, -0.1) is 0 Å². The Morgan fingerprint density at radius 1 is 0.918 bits per heavy atom. The molecule has 3 rings (SSSR count). The molecule has 2 amide bonds. The van der Waals surface area contributed by atoms with Crippen molar-refractivity contribution < 1.29 is 28.7 Å². The molecule has 9 nitrogen and oxygen atoms in total. The first-order chi connectivity index (χ1) is 23.6. The number of hydrogen-bond donors (Lipinski definition) is 1. The Kier molecular flexibility index (Phi) is 23.0. The van der Waals surface area contributed by atoms with E-state index >= 15 is 0 Å². The summed E-state index contributed by atoms with van der Waals surface area (Å²) in [7, 11) is 0. The molecule has 1 aromatic carbocycles. The number of Topliss-reactive ketones (excluding diaryl/α,β-unsaturated/α-hetero) is 2. The monoisotopic (exact) mass is 683 g/mol. The summed E-state index contributed by atoms with van der Waals surface area (Å²) >= 11 is 0. The van der Waals surface area contributed by atoms with Gasteiger partial charge in [0.25, 0.3) is 0 Å². The molecule has 1 unspecified atom stereocenters. The van der Waals surface area contributed by atoms with Crippen molar-refractivity contribution in [3.05, 3.63) is 40.5 Å². The van der Waals surface area contributed by atoms with Gasteiger partial charge in [-0.05, 0) is 76.8 Å². The highest BCUT2D eigenvalue weighted by atomic mass is 16.5. The molecule has 1 N–H and O–H groups in total. The maximum atomic E-state index is 12.3. The number of ether oxygens (including phenoxy) is 1. The lowest BCUT2D eigenvalue weighted by atomic mass is 9.82. The SMILES string of the molecule is CC.CCCC(=O)CCC(C)C(C)=C1CCC1.CCCC(=O)c1cccc(NC(=O)COCCCC(=O)N2CCN(CCC)CC2)c1C=O. The molecule has 1 aliphatic carbocycles. The van der Waals surface area contributed by atoms with Gasteiger partial charge in [-0.3, -0.25) is 28.9 Å². The van der Waals surface area contributed by atoms with E-state index in [1.165, 1.54) is 19.3 Å². The van der Waals surface area contributed by atoms with Crippen molar-refractivity contribution in [1.29, 1.82) is 0 Å². The van der Waals surface area contributed by atoms with E-state index in [0.717, 1.165) is 64.8 Å². The number of nitrogens with one attached hydrogen (secondary N) is 1. The smallest absolute Gasteiger partial charge is 0.250 e. The number of nitrogens with zero attached hydrogens (tertiary/aromatic N) is 2. The molecule has 0 bridgehead atoms. The van der Waals surface area contributed by atoms with Gasteiger partial charge in [-0.1, -0.05) is 64.8 Å². The molecule has 1 aliphatic heterocycles. The van der Waals surface area contributed by atoms with Gasteiger partial charge in [0.05, 0.1) is 5.69 Å². The lowest BCUT2D eigenvalue weighted by Crippen LogP contribution is -2.48. The zero-order valence-corrected chi connectivity index (χ0v) is 31.7. The first-order valence-corrected chi connectivity index (χ1v) is 18.8. The zero-order chi connectivity index (χ0) is 36.6.